The van der Waals surface area contributed by atoms with E-state index >= 15 is 0 Å². The molecular formula is C18H25N7O. The van der Waals surface area contributed by atoms with Crippen molar-refractivity contribution in [1.82, 2.24) is 25.3 Å². The first-order chi connectivity index (χ1) is 12.6. The average molecular weight is 355 g/mol. The van der Waals surface area contributed by atoms with Gasteiger partial charge in [0.2, 0.25) is 11.9 Å². The maximum Gasteiger partial charge on any atom is 0.254 e. The van der Waals surface area contributed by atoms with E-state index in [-0.39, 0.29) is 5.91 Å². The second kappa shape index (κ2) is 8.55. The summed E-state index contributed by atoms with van der Waals surface area (Å²) in [7, 11) is 0. The number of anilines is 2. The molecule has 1 N–H and O–H groups in total. The Morgan fingerprint density at radius 2 is 1.54 bits per heavy atom. The Morgan fingerprint density at radius 1 is 1.00 bits per heavy atom. The van der Waals surface area contributed by atoms with Gasteiger partial charge in [0.05, 0.1) is 5.56 Å². The molecule has 1 fully saturated rings. The molecule has 1 saturated heterocycles. The van der Waals surface area contributed by atoms with Crippen molar-refractivity contribution in [2.75, 3.05) is 42.5 Å². The van der Waals surface area contributed by atoms with E-state index in [1.807, 2.05) is 6.07 Å². The lowest BCUT2D eigenvalue weighted by molar-refractivity contribution is 0.0951. The largest absolute Gasteiger partial charge is 0.352 e. The quantitative estimate of drug-likeness (QED) is 0.837. The van der Waals surface area contributed by atoms with E-state index < -0.39 is 0 Å². The molecule has 0 radical (unpaired) electrons. The van der Waals surface area contributed by atoms with Crippen LogP contribution < -0.4 is 15.1 Å². The van der Waals surface area contributed by atoms with Gasteiger partial charge in [0.1, 0.15) is 0 Å². The van der Waals surface area contributed by atoms with Gasteiger partial charge in [-0.25, -0.2) is 19.9 Å². The van der Waals surface area contributed by atoms with Crippen molar-refractivity contribution in [3.8, 4) is 0 Å². The van der Waals surface area contributed by atoms with Crippen LogP contribution in [0.25, 0.3) is 0 Å². The molecule has 0 aromatic carbocycles. The van der Waals surface area contributed by atoms with Crippen molar-refractivity contribution in [3.63, 3.8) is 0 Å². The van der Waals surface area contributed by atoms with Crippen LogP contribution in [0.1, 0.15) is 30.6 Å². The predicted molar refractivity (Wildman–Crippen MR) is 100 cm³/mol. The summed E-state index contributed by atoms with van der Waals surface area (Å²) in [4.78, 5) is 33.7. The molecule has 0 atom stereocenters. The molecule has 1 aliphatic heterocycles. The standard InChI is InChI=1S/C18H25N7O/c1-14(2)4-7-19-16(26)15-12-22-18(23-13-15)25-10-8-24(9-11-25)17-20-5-3-6-21-17/h3,5-6,12-14H,4,7-11H2,1-2H3,(H,19,26). The van der Waals surface area contributed by atoms with Gasteiger partial charge in [-0.15, -0.1) is 0 Å². The van der Waals surface area contributed by atoms with Crippen molar-refractivity contribution in [3.05, 3.63) is 36.4 Å². The lowest BCUT2D eigenvalue weighted by atomic mass is 10.1. The number of amides is 1. The van der Waals surface area contributed by atoms with Crippen LogP contribution in [0.15, 0.2) is 30.9 Å². The summed E-state index contributed by atoms with van der Waals surface area (Å²) >= 11 is 0. The molecule has 0 aliphatic carbocycles. The van der Waals surface area contributed by atoms with Crippen LogP contribution in [0, 0.1) is 5.92 Å². The topological polar surface area (TPSA) is 87.1 Å². The SMILES string of the molecule is CC(C)CCNC(=O)c1cnc(N2CCN(c3ncccn3)CC2)nc1. The van der Waals surface area contributed by atoms with Crippen LogP contribution in [0.3, 0.4) is 0 Å². The fourth-order valence-corrected chi connectivity index (χ4v) is 2.74. The highest BCUT2D eigenvalue weighted by molar-refractivity contribution is 5.93. The first-order valence-electron chi connectivity index (χ1n) is 9.00. The number of aromatic nitrogens is 4. The molecule has 138 valence electrons. The normalized spacial score (nSPS) is 14.6. The molecule has 2 aromatic heterocycles. The fourth-order valence-electron chi connectivity index (χ4n) is 2.74. The minimum atomic E-state index is -0.122. The molecule has 8 nitrogen and oxygen atoms in total. The van der Waals surface area contributed by atoms with Gasteiger partial charge in [0, 0.05) is 57.5 Å². The molecular weight excluding hydrogens is 330 g/mol. The smallest absolute Gasteiger partial charge is 0.254 e. The van der Waals surface area contributed by atoms with Gasteiger partial charge in [0.15, 0.2) is 0 Å². The van der Waals surface area contributed by atoms with Crippen molar-refractivity contribution < 1.29 is 4.79 Å². The zero-order chi connectivity index (χ0) is 18.4. The van der Waals surface area contributed by atoms with Crippen molar-refractivity contribution >= 4 is 17.8 Å². The second-order valence-electron chi connectivity index (χ2n) is 6.73. The second-order valence-corrected chi connectivity index (χ2v) is 6.73. The Balaban J connectivity index is 1.52. The van der Waals surface area contributed by atoms with E-state index in [0.29, 0.717) is 24.0 Å². The van der Waals surface area contributed by atoms with Gasteiger partial charge < -0.3 is 15.1 Å². The van der Waals surface area contributed by atoms with Gasteiger partial charge in [0.25, 0.3) is 5.91 Å². The molecule has 3 rings (SSSR count). The fraction of sp³-hybridized carbons (Fsp3) is 0.500. The zero-order valence-electron chi connectivity index (χ0n) is 15.3. The number of hydrogen-bond acceptors (Lipinski definition) is 7. The minimum absolute atomic E-state index is 0.122. The minimum Gasteiger partial charge on any atom is -0.352 e. The highest BCUT2D eigenvalue weighted by Gasteiger charge is 2.20. The molecule has 3 heterocycles. The highest BCUT2D eigenvalue weighted by atomic mass is 16.1. The lowest BCUT2D eigenvalue weighted by Gasteiger charge is -2.34. The molecule has 1 amide bonds. The number of piperazine rings is 1. The third-order valence-corrected chi connectivity index (χ3v) is 4.31. The van der Waals surface area contributed by atoms with E-state index in [2.05, 4.69) is 48.9 Å². The third-order valence-electron chi connectivity index (χ3n) is 4.31. The van der Waals surface area contributed by atoms with Crippen molar-refractivity contribution in [2.24, 2.45) is 5.92 Å². The summed E-state index contributed by atoms with van der Waals surface area (Å²) in [5, 5.41) is 2.90. The highest BCUT2D eigenvalue weighted by Crippen LogP contribution is 2.14. The summed E-state index contributed by atoms with van der Waals surface area (Å²) < 4.78 is 0. The van der Waals surface area contributed by atoms with E-state index in [4.69, 9.17) is 0 Å². The van der Waals surface area contributed by atoms with Crippen molar-refractivity contribution in [2.45, 2.75) is 20.3 Å². The predicted octanol–water partition coefficient (Wildman–Crippen LogP) is 1.37. The monoisotopic (exact) mass is 355 g/mol. The molecule has 8 heteroatoms. The molecule has 1 aliphatic rings. The average Bonchev–Trinajstić information content (AvgIpc) is 2.68. The molecule has 0 bridgehead atoms. The van der Waals surface area contributed by atoms with Crippen LogP contribution in [0.5, 0.6) is 0 Å². The van der Waals surface area contributed by atoms with E-state index in [1.54, 1.807) is 24.8 Å². The van der Waals surface area contributed by atoms with Gasteiger partial charge in [-0.05, 0) is 18.4 Å². The number of hydrogen-bond donors (Lipinski definition) is 1. The Kier molecular flexibility index (Phi) is 5.93. The summed E-state index contributed by atoms with van der Waals surface area (Å²) in [6, 6.07) is 1.81. The first kappa shape index (κ1) is 18.0. The molecule has 0 unspecified atom stereocenters. The summed E-state index contributed by atoms with van der Waals surface area (Å²) in [5.74, 6) is 1.84. The van der Waals surface area contributed by atoms with Crippen LogP contribution in [-0.4, -0.2) is 58.6 Å². The van der Waals surface area contributed by atoms with E-state index in [0.717, 1.165) is 38.5 Å². The third kappa shape index (κ3) is 4.65. The Morgan fingerprint density at radius 3 is 2.08 bits per heavy atom. The maximum absolute atomic E-state index is 12.1. The van der Waals surface area contributed by atoms with Crippen LogP contribution in [-0.2, 0) is 0 Å². The van der Waals surface area contributed by atoms with E-state index in [1.165, 1.54) is 0 Å². The van der Waals surface area contributed by atoms with Crippen LogP contribution in [0.4, 0.5) is 11.9 Å². The van der Waals surface area contributed by atoms with Gasteiger partial charge in [-0.3, -0.25) is 4.79 Å². The lowest BCUT2D eigenvalue weighted by Crippen LogP contribution is -2.47. The Labute approximate surface area is 153 Å². The maximum atomic E-state index is 12.1. The summed E-state index contributed by atoms with van der Waals surface area (Å²) in [6.07, 6.45) is 7.66. The van der Waals surface area contributed by atoms with Gasteiger partial charge >= 0.3 is 0 Å². The number of rotatable bonds is 6. The van der Waals surface area contributed by atoms with Crippen LogP contribution >= 0.6 is 0 Å². The Bertz CT molecular complexity index is 697. The molecule has 0 saturated carbocycles. The number of carbonyl (C=O) groups is 1. The summed E-state index contributed by atoms with van der Waals surface area (Å²) in [5.41, 5.74) is 0.494. The number of carbonyl (C=O) groups excluding carboxylic acids is 1. The Hall–Kier alpha value is -2.77. The van der Waals surface area contributed by atoms with Crippen molar-refractivity contribution in [1.29, 1.82) is 0 Å². The van der Waals surface area contributed by atoms with E-state index in [9.17, 15) is 4.79 Å². The van der Waals surface area contributed by atoms with Gasteiger partial charge in [-0.2, -0.15) is 0 Å². The van der Waals surface area contributed by atoms with Crippen LogP contribution in [0.2, 0.25) is 0 Å². The zero-order valence-corrected chi connectivity index (χ0v) is 15.3. The first-order valence-corrected chi connectivity index (χ1v) is 9.00. The number of nitrogens with one attached hydrogen (secondary N) is 1. The summed E-state index contributed by atoms with van der Waals surface area (Å²) in [6.45, 7) is 8.13. The van der Waals surface area contributed by atoms with Gasteiger partial charge in [-0.1, -0.05) is 13.8 Å². The molecule has 2 aromatic rings. The molecule has 26 heavy (non-hydrogen) atoms. The number of nitrogens with zero attached hydrogens (tertiary/aromatic N) is 6. The molecule has 0 spiro atoms.